The second-order valence-electron chi connectivity index (χ2n) is 2.13. The van der Waals surface area contributed by atoms with Gasteiger partial charge in [0.2, 0.25) is 10.0 Å². The predicted octanol–water partition coefficient (Wildman–Crippen LogP) is -0.907. The molecule has 0 saturated heterocycles. The minimum Gasteiger partial charge on any atom is -0.474 e. The van der Waals surface area contributed by atoms with Crippen LogP contribution in [0.2, 0.25) is 0 Å². The highest BCUT2D eigenvalue weighted by atomic mass is 32.2. The second kappa shape index (κ2) is 4.61. The number of rotatable bonds is 4. The number of nitrogens with one attached hydrogen (secondary N) is 1. The second-order valence-corrected chi connectivity index (χ2v) is 3.97. The summed E-state index contributed by atoms with van der Waals surface area (Å²) in [6.45, 7) is 3.28. The number of carbonyl (C=O) groups is 2. The van der Waals surface area contributed by atoms with Gasteiger partial charge in [0.1, 0.15) is 0 Å². The van der Waals surface area contributed by atoms with Crippen LogP contribution in [0.1, 0.15) is 6.42 Å². The average molecular weight is 207 g/mol. The van der Waals surface area contributed by atoms with Crippen LogP contribution in [0.15, 0.2) is 12.7 Å². The fourth-order valence-corrected chi connectivity index (χ4v) is 1.42. The number of hydrogen-bond acceptors (Lipinski definition) is 4. The van der Waals surface area contributed by atoms with Gasteiger partial charge in [-0.05, 0) is 6.42 Å². The molecule has 0 saturated carbocycles. The predicted molar refractivity (Wildman–Crippen MR) is 44.4 cm³/mol. The van der Waals surface area contributed by atoms with Crippen LogP contribution in [0.5, 0.6) is 0 Å². The van der Waals surface area contributed by atoms with Crippen LogP contribution in [-0.2, 0) is 19.6 Å². The number of carbonyl (C=O) groups excluding carboxylic acids is 1. The Morgan fingerprint density at radius 3 is 2.38 bits per heavy atom. The first-order valence-corrected chi connectivity index (χ1v) is 4.93. The molecule has 1 amide bonds. The molecule has 0 aliphatic heterocycles. The van der Waals surface area contributed by atoms with E-state index >= 15 is 0 Å². The third-order valence-corrected chi connectivity index (χ3v) is 2.30. The summed E-state index contributed by atoms with van der Waals surface area (Å²) in [4.78, 5) is 20.4. The summed E-state index contributed by atoms with van der Waals surface area (Å²) in [7, 11) is -3.84. The van der Waals surface area contributed by atoms with Crippen molar-refractivity contribution in [3.05, 3.63) is 12.7 Å². The molecule has 0 spiro atoms. The normalized spacial score (nSPS) is 10.5. The van der Waals surface area contributed by atoms with Gasteiger partial charge in [0.15, 0.2) is 0 Å². The number of carboxylic acid groups (broad SMARTS) is 1. The first-order valence-electron chi connectivity index (χ1n) is 3.27. The number of carboxylic acids is 1. The van der Waals surface area contributed by atoms with E-state index in [1.165, 1.54) is 10.8 Å². The van der Waals surface area contributed by atoms with Crippen LogP contribution in [-0.4, -0.2) is 31.2 Å². The van der Waals surface area contributed by atoms with Crippen LogP contribution >= 0.6 is 0 Å². The highest BCUT2D eigenvalue weighted by molar-refractivity contribution is 7.90. The van der Waals surface area contributed by atoms with Gasteiger partial charge in [0, 0.05) is 0 Å². The van der Waals surface area contributed by atoms with E-state index in [-0.39, 0.29) is 12.2 Å². The first kappa shape index (κ1) is 11.6. The third kappa shape index (κ3) is 4.96. The Bertz CT molecular complexity index is 318. The molecule has 0 aliphatic carbocycles. The molecule has 0 rings (SSSR count). The van der Waals surface area contributed by atoms with Gasteiger partial charge in [-0.3, -0.25) is 4.79 Å². The first-order chi connectivity index (χ1) is 5.89. The maximum atomic E-state index is 10.9. The SMILES string of the molecule is C=CCCS(=O)(=O)NC(=O)C(=O)O. The van der Waals surface area contributed by atoms with E-state index < -0.39 is 21.9 Å². The lowest BCUT2D eigenvalue weighted by Crippen LogP contribution is -2.37. The number of hydrogen-bond donors (Lipinski definition) is 2. The molecule has 7 heteroatoms. The van der Waals surface area contributed by atoms with E-state index in [1.807, 2.05) is 0 Å². The summed E-state index contributed by atoms with van der Waals surface area (Å²) < 4.78 is 23.1. The zero-order chi connectivity index (χ0) is 10.5. The van der Waals surface area contributed by atoms with Gasteiger partial charge >= 0.3 is 11.9 Å². The van der Waals surface area contributed by atoms with Crippen LogP contribution in [0, 0.1) is 0 Å². The highest BCUT2D eigenvalue weighted by Gasteiger charge is 2.18. The molecule has 0 aromatic carbocycles. The van der Waals surface area contributed by atoms with E-state index in [0.717, 1.165) is 0 Å². The maximum absolute atomic E-state index is 10.9. The van der Waals surface area contributed by atoms with Crippen molar-refractivity contribution in [2.75, 3.05) is 5.75 Å². The topological polar surface area (TPSA) is 101 Å². The molecule has 0 heterocycles. The Kier molecular flexibility index (Phi) is 4.12. The molecule has 0 aliphatic rings. The molecule has 0 unspecified atom stereocenters. The zero-order valence-corrected chi connectivity index (χ0v) is 7.50. The van der Waals surface area contributed by atoms with Crippen molar-refractivity contribution in [1.29, 1.82) is 0 Å². The van der Waals surface area contributed by atoms with Gasteiger partial charge in [-0.1, -0.05) is 6.08 Å². The number of amides is 1. The standard InChI is InChI=1S/C6H9NO5S/c1-2-3-4-13(11,12)7-5(8)6(9)10/h2H,1,3-4H2,(H,7,8)(H,9,10). The fourth-order valence-electron chi connectivity index (χ4n) is 0.474. The molecule has 0 fully saturated rings. The largest absolute Gasteiger partial charge is 0.474 e. The van der Waals surface area contributed by atoms with Crippen LogP contribution in [0.25, 0.3) is 0 Å². The van der Waals surface area contributed by atoms with Crippen molar-refractivity contribution in [2.45, 2.75) is 6.42 Å². The van der Waals surface area contributed by atoms with Gasteiger partial charge in [0.05, 0.1) is 5.75 Å². The smallest absolute Gasteiger partial charge is 0.395 e. The van der Waals surface area contributed by atoms with Gasteiger partial charge in [-0.25, -0.2) is 17.9 Å². The summed E-state index contributed by atoms with van der Waals surface area (Å²) in [5, 5.41) is 8.07. The molecule has 0 radical (unpaired) electrons. The summed E-state index contributed by atoms with van der Waals surface area (Å²) >= 11 is 0. The minimum atomic E-state index is -3.84. The van der Waals surface area contributed by atoms with Crippen molar-refractivity contribution in [3.8, 4) is 0 Å². The van der Waals surface area contributed by atoms with E-state index in [2.05, 4.69) is 6.58 Å². The Hall–Kier alpha value is -1.37. The van der Waals surface area contributed by atoms with Gasteiger partial charge in [0.25, 0.3) is 0 Å². The number of aliphatic carboxylic acids is 1. The number of sulfonamides is 1. The monoisotopic (exact) mass is 207 g/mol. The summed E-state index contributed by atoms with van der Waals surface area (Å²) in [6, 6.07) is 0. The fraction of sp³-hybridized carbons (Fsp3) is 0.333. The van der Waals surface area contributed by atoms with E-state index in [9.17, 15) is 18.0 Å². The molecule has 2 N–H and O–H groups in total. The van der Waals surface area contributed by atoms with E-state index in [0.29, 0.717) is 0 Å². The van der Waals surface area contributed by atoms with Crippen molar-refractivity contribution < 1.29 is 23.1 Å². The summed E-state index contributed by atoms with van der Waals surface area (Å²) in [5.74, 6) is -3.73. The molecule has 0 aromatic heterocycles. The Morgan fingerprint density at radius 2 is 2.00 bits per heavy atom. The van der Waals surface area contributed by atoms with Crippen LogP contribution in [0.4, 0.5) is 0 Å². The lowest BCUT2D eigenvalue weighted by molar-refractivity contribution is -0.149. The molecule has 0 bridgehead atoms. The lowest BCUT2D eigenvalue weighted by atomic mass is 10.5. The van der Waals surface area contributed by atoms with Gasteiger partial charge in [-0.2, -0.15) is 0 Å². The van der Waals surface area contributed by atoms with Crippen molar-refractivity contribution in [2.24, 2.45) is 0 Å². The average Bonchev–Trinajstić information content (AvgIpc) is 2.00. The van der Waals surface area contributed by atoms with Gasteiger partial charge < -0.3 is 5.11 Å². The van der Waals surface area contributed by atoms with Crippen LogP contribution in [0.3, 0.4) is 0 Å². The Balaban J connectivity index is 4.26. The summed E-state index contributed by atoms with van der Waals surface area (Å²) in [5.41, 5.74) is 0. The summed E-state index contributed by atoms with van der Waals surface area (Å²) in [6.07, 6.45) is 1.51. The third-order valence-electron chi connectivity index (χ3n) is 1.03. The van der Waals surface area contributed by atoms with Crippen LogP contribution < -0.4 is 4.72 Å². The molecule has 6 nitrogen and oxygen atoms in total. The molecular formula is C6H9NO5S. The maximum Gasteiger partial charge on any atom is 0.395 e. The molecule has 74 valence electrons. The molecule has 0 atom stereocenters. The Morgan fingerprint density at radius 1 is 1.46 bits per heavy atom. The Labute approximate surface area is 75.3 Å². The lowest BCUT2D eigenvalue weighted by Gasteiger charge is -2.01. The quantitative estimate of drug-likeness (QED) is 0.459. The van der Waals surface area contributed by atoms with Crippen molar-refractivity contribution in [3.63, 3.8) is 0 Å². The number of allylic oxidation sites excluding steroid dienone is 1. The highest BCUT2D eigenvalue weighted by Crippen LogP contribution is 1.89. The zero-order valence-electron chi connectivity index (χ0n) is 6.69. The van der Waals surface area contributed by atoms with E-state index in [1.54, 1.807) is 0 Å². The van der Waals surface area contributed by atoms with E-state index in [4.69, 9.17) is 5.11 Å². The molecular weight excluding hydrogens is 198 g/mol. The van der Waals surface area contributed by atoms with Crippen molar-refractivity contribution in [1.82, 2.24) is 4.72 Å². The molecule has 13 heavy (non-hydrogen) atoms. The van der Waals surface area contributed by atoms with Gasteiger partial charge in [-0.15, -0.1) is 6.58 Å². The molecule has 0 aromatic rings. The van der Waals surface area contributed by atoms with Crippen molar-refractivity contribution >= 4 is 21.9 Å². The minimum absolute atomic E-state index is 0.155.